The molecule has 3 saturated carbocycles. The van der Waals surface area contributed by atoms with Gasteiger partial charge in [-0.05, 0) is 101 Å². The van der Waals surface area contributed by atoms with Gasteiger partial charge in [-0.15, -0.1) is 5.92 Å². The summed E-state index contributed by atoms with van der Waals surface area (Å²) in [5.74, 6) is 7.41. The quantitative estimate of drug-likeness (QED) is 0.277. The molecule has 0 aromatic carbocycles. The minimum absolute atomic E-state index is 0.0558. The van der Waals surface area contributed by atoms with Crippen molar-refractivity contribution in [2.45, 2.75) is 129 Å². The number of hydrogen-bond acceptors (Lipinski definition) is 6. The molecule has 0 heterocycles. The van der Waals surface area contributed by atoms with Gasteiger partial charge in [0.1, 0.15) is 23.4 Å². The Balaban J connectivity index is 1.64. The number of carbonyl (C=O) groups is 1. The number of ether oxygens (including phenoxy) is 2. The van der Waals surface area contributed by atoms with Crippen LogP contribution in [0.15, 0.2) is 35.5 Å². The van der Waals surface area contributed by atoms with E-state index in [-0.39, 0.29) is 24.4 Å². The molecule has 7 atom stereocenters. The monoisotopic (exact) mass is 556 g/mol. The van der Waals surface area contributed by atoms with Crippen LogP contribution in [0, 0.1) is 35.0 Å². The van der Waals surface area contributed by atoms with Gasteiger partial charge in [-0.1, -0.05) is 44.1 Å². The maximum absolute atomic E-state index is 12.0. The summed E-state index contributed by atoms with van der Waals surface area (Å²) in [6.07, 6.45) is 8.50. The Morgan fingerprint density at radius 1 is 1.20 bits per heavy atom. The second-order valence-electron chi connectivity index (χ2n) is 14.0. The Bertz CT molecular complexity index is 1050. The van der Waals surface area contributed by atoms with Crippen molar-refractivity contribution in [3.8, 4) is 11.8 Å². The van der Waals surface area contributed by atoms with Crippen molar-refractivity contribution in [2.75, 3.05) is 6.61 Å². The minimum Gasteiger partial charge on any atom is -0.460 e. The second kappa shape index (κ2) is 12.9. The first-order valence-electron chi connectivity index (χ1n) is 15.0. The normalized spacial score (nSPS) is 33.9. The number of allylic oxidation sites excluding steroid dienone is 3. The fourth-order valence-corrected chi connectivity index (χ4v) is 7.11. The molecule has 0 aliphatic heterocycles. The predicted molar refractivity (Wildman–Crippen MR) is 158 cm³/mol. The number of aliphatic hydroxyl groups is 3. The third-order valence-corrected chi connectivity index (χ3v) is 8.97. The highest BCUT2D eigenvalue weighted by atomic mass is 16.6. The van der Waals surface area contributed by atoms with Crippen LogP contribution in [0.3, 0.4) is 0 Å². The largest absolute Gasteiger partial charge is 0.460 e. The van der Waals surface area contributed by atoms with Gasteiger partial charge < -0.3 is 24.8 Å². The Morgan fingerprint density at radius 2 is 1.90 bits per heavy atom. The van der Waals surface area contributed by atoms with Gasteiger partial charge in [0.05, 0.1) is 19.1 Å². The zero-order chi connectivity index (χ0) is 29.9. The Hall–Kier alpha value is -1.91. The van der Waals surface area contributed by atoms with E-state index < -0.39 is 29.5 Å². The van der Waals surface area contributed by atoms with E-state index in [1.807, 2.05) is 26.8 Å². The molecule has 3 aliphatic rings. The molecular formula is C34H52O6. The Labute approximate surface area is 241 Å². The molecule has 0 saturated heterocycles. The van der Waals surface area contributed by atoms with E-state index in [2.05, 4.69) is 38.3 Å². The summed E-state index contributed by atoms with van der Waals surface area (Å²) < 4.78 is 11.0. The van der Waals surface area contributed by atoms with Crippen LogP contribution in [0.25, 0.3) is 0 Å². The number of rotatable bonds is 7. The van der Waals surface area contributed by atoms with Crippen molar-refractivity contribution < 1.29 is 29.6 Å². The third-order valence-electron chi connectivity index (χ3n) is 8.97. The van der Waals surface area contributed by atoms with Crippen LogP contribution in [-0.2, 0) is 14.3 Å². The first-order chi connectivity index (χ1) is 18.5. The van der Waals surface area contributed by atoms with Crippen LogP contribution in [0.4, 0.5) is 0 Å². The molecule has 6 heteroatoms. The predicted octanol–water partition coefficient (Wildman–Crippen LogP) is 5.65. The lowest BCUT2D eigenvalue weighted by molar-refractivity contribution is -0.158. The van der Waals surface area contributed by atoms with Crippen molar-refractivity contribution in [1.29, 1.82) is 0 Å². The summed E-state index contributed by atoms with van der Waals surface area (Å²) in [6, 6.07) is 0. The van der Waals surface area contributed by atoms with E-state index in [1.54, 1.807) is 13.8 Å². The van der Waals surface area contributed by atoms with Crippen LogP contribution in [0.5, 0.6) is 0 Å². The van der Waals surface area contributed by atoms with Gasteiger partial charge in [-0.3, -0.25) is 4.79 Å². The lowest BCUT2D eigenvalue weighted by Crippen LogP contribution is -2.45. The molecule has 0 unspecified atom stereocenters. The van der Waals surface area contributed by atoms with Crippen molar-refractivity contribution in [2.24, 2.45) is 23.2 Å². The lowest BCUT2D eigenvalue weighted by Gasteiger charge is -2.44. The number of esters is 1. The summed E-state index contributed by atoms with van der Waals surface area (Å²) in [6.45, 7) is 17.8. The summed E-state index contributed by atoms with van der Waals surface area (Å²) in [5.41, 5.74) is 1.57. The standard InChI is InChI=1S/C34H52O6/c1-22(11-9-18-33(6,7)38)26-15-16-27-24(12-10-19-34(26,27)8)13-14-25-21-28(35)31(30(37)23(25)2)39-20-17-29(36)40-32(3,4)5/h13-14,22,26-28,30-31,35,37-38H,2,10-12,15-17,19-21H2,1,3-8H3/b24-13+,25-14-/t22-,26-,27+,28-,30-,31+,34-/m1/s1. The average molecular weight is 557 g/mol. The summed E-state index contributed by atoms with van der Waals surface area (Å²) in [4.78, 5) is 12.0. The lowest BCUT2D eigenvalue weighted by atomic mass is 9.61. The molecule has 3 fully saturated rings. The van der Waals surface area contributed by atoms with Gasteiger partial charge in [-0.25, -0.2) is 0 Å². The van der Waals surface area contributed by atoms with Crippen molar-refractivity contribution in [1.82, 2.24) is 0 Å². The van der Waals surface area contributed by atoms with E-state index >= 15 is 0 Å². The highest BCUT2D eigenvalue weighted by Gasteiger charge is 2.50. The van der Waals surface area contributed by atoms with Gasteiger partial charge in [0, 0.05) is 12.8 Å². The van der Waals surface area contributed by atoms with Crippen LogP contribution >= 0.6 is 0 Å². The molecule has 0 aromatic heterocycles. The van der Waals surface area contributed by atoms with Crippen molar-refractivity contribution >= 4 is 5.97 Å². The van der Waals surface area contributed by atoms with Crippen LogP contribution in [0.1, 0.15) is 99.8 Å². The van der Waals surface area contributed by atoms with Gasteiger partial charge in [-0.2, -0.15) is 0 Å². The highest BCUT2D eigenvalue weighted by molar-refractivity contribution is 5.69. The molecule has 0 amide bonds. The highest BCUT2D eigenvalue weighted by Crippen LogP contribution is 2.59. The smallest absolute Gasteiger partial charge is 0.308 e. The number of carbonyl (C=O) groups excluding carboxylic acids is 1. The van der Waals surface area contributed by atoms with E-state index in [4.69, 9.17) is 9.47 Å². The van der Waals surface area contributed by atoms with Gasteiger partial charge in [0.2, 0.25) is 0 Å². The van der Waals surface area contributed by atoms with Crippen LogP contribution in [-0.4, -0.2) is 57.4 Å². The van der Waals surface area contributed by atoms with E-state index in [9.17, 15) is 20.1 Å². The van der Waals surface area contributed by atoms with Crippen molar-refractivity contribution in [3.63, 3.8) is 0 Å². The van der Waals surface area contributed by atoms with Crippen molar-refractivity contribution in [3.05, 3.63) is 35.5 Å². The first kappa shape index (κ1) is 32.6. The molecule has 3 N–H and O–H groups in total. The Morgan fingerprint density at radius 3 is 2.55 bits per heavy atom. The molecule has 40 heavy (non-hydrogen) atoms. The average Bonchev–Trinajstić information content (AvgIpc) is 3.18. The summed E-state index contributed by atoms with van der Waals surface area (Å²) >= 11 is 0. The zero-order valence-electron chi connectivity index (χ0n) is 25.8. The zero-order valence-corrected chi connectivity index (χ0v) is 25.8. The van der Waals surface area contributed by atoms with E-state index in [1.165, 1.54) is 24.8 Å². The topological polar surface area (TPSA) is 96.2 Å². The SMILES string of the molecule is C=C1/C(=C\C=C2/CCC[C@]3(C)[C@@H]([C@H](C)CC#CC(C)(C)O)CC[C@@H]23)C[C@@H](O)[C@H](OCCC(=O)OC(C)(C)C)[C@@H]1O. The molecule has 3 aliphatic carbocycles. The number of aliphatic hydroxyl groups excluding tert-OH is 2. The number of fused-ring (bicyclic) bond motifs is 1. The molecule has 0 spiro atoms. The molecular weight excluding hydrogens is 504 g/mol. The van der Waals surface area contributed by atoms with Crippen LogP contribution in [0.2, 0.25) is 0 Å². The maximum Gasteiger partial charge on any atom is 0.308 e. The van der Waals surface area contributed by atoms with E-state index in [0.717, 1.165) is 24.8 Å². The second-order valence-corrected chi connectivity index (χ2v) is 14.0. The minimum atomic E-state index is -1.04. The van der Waals surface area contributed by atoms with Gasteiger partial charge >= 0.3 is 5.97 Å². The first-order valence-corrected chi connectivity index (χ1v) is 15.0. The van der Waals surface area contributed by atoms with Crippen LogP contribution < -0.4 is 0 Å². The van der Waals surface area contributed by atoms with Gasteiger partial charge in [0.15, 0.2) is 0 Å². The number of hydrogen-bond donors (Lipinski definition) is 3. The summed E-state index contributed by atoms with van der Waals surface area (Å²) in [5, 5.41) is 31.6. The maximum atomic E-state index is 12.0. The molecule has 0 bridgehead atoms. The third kappa shape index (κ3) is 8.32. The van der Waals surface area contributed by atoms with E-state index in [0.29, 0.717) is 29.7 Å². The van der Waals surface area contributed by atoms with Gasteiger partial charge in [0.25, 0.3) is 0 Å². The molecule has 0 aromatic rings. The molecule has 224 valence electrons. The summed E-state index contributed by atoms with van der Waals surface area (Å²) in [7, 11) is 0. The molecule has 6 nitrogen and oxygen atoms in total. The fourth-order valence-electron chi connectivity index (χ4n) is 7.11. The fraction of sp³-hybridized carbons (Fsp3) is 0.735. The molecule has 3 rings (SSSR count). The molecule has 0 radical (unpaired) electrons. The Kier molecular flexibility index (Phi) is 10.6.